The van der Waals surface area contributed by atoms with Gasteiger partial charge in [-0.2, -0.15) is 0 Å². The number of rotatable bonds is 8. The predicted octanol–water partition coefficient (Wildman–Crippen LogP) is 2.42. The molecule has 0 radical (unpaired) electrons. The second-order valence-corrected chi connectivity index (χ2v) is 5.65. The molecule has 0 saturated carbocycles. The summed E-state index contributed by atoms with van der Waals surface area (Å²) >= 11 is 0. The smallest absolute Gasteiger partial charge is 0.251 e. The van der Waals surface area contributed by atoms with Crippen molar-refractivity contribution in [3.63, 3.8) is 0 Å². The third kappa shape index (κ3) is 7.63. The predicted molar refractivity (Wildman–Crippen MR) is 122 cm³/mol. The maximum Gasteiger partial charge on any atom is 0.251 e. The van der Waals surface area contributed by atoms with Gasteiger partial charge in [-0.15, -0.1) is 24.0 Å². The van der Waals surface area contributed by atoms with Crippen molar-refractivity contribution in [2.45, 2.75) is 6.54 Å². The summed E-state index contributed by atoms with van der Waals surface area (Å²) in [4.78, 5) is 15.7. The van der Waals surface area contributed by atoms with Crippen molar-refractivity contribution >= 4 is 35.8 Å². The van der Waals surface area contributed by atoms with Gasteiger partial charge in [-0.05, 0) is 42.0 Å². The lowest BCUT2D eigenvalue weighted by molar-refractivity contribution is 0.0963. The van der Waals surface area contributed by atoms with E-state index in [2.05, 4.69) is 20.9 Å². The van der Waals surface area contributed by atoms with E-state index in [-0.39, 0.29) is 29.9 Å². The van der Waals surface area contributed by atoms with Gasteiger partial charge in [0.25, 0.3) is 5.91 Å². The molecular formula is C20H27IN4O3. The van der Waals surface area contributed by atoms with Gasteiger partial charge in [-0.3, -0.25) is 9.79 Å². The number of carbonyl (C=O) groups is 1. The Bertz CT molecular complexity index is 749. The number of amides is 1. The van der Waals surface area contributed by atoms with Crippen molar-refractivity contribution in [2.75, 3.05) is 34.4 Å². The highest BCUT2D eigenvalue weighted by molar-refractivity contribution is 14.0. The van der Waals surface area contributed by atoms with E-state index < -0.39 is 0 Å². The summed E-state index contributed by atoms with van der Waals surface area (Å²) in [5, 5.41) is 9.03. The fourth-order valence-electron chi connectivity index (χ4n) is 2.33. The molecule has 0 fully saturated rings. The van der Waals surface area contributed by atoms with Crippen molar-refractivity contribution in [1.82, 2.24) is 16.0 Å². The SMILES string of the molecule is CN=C(NCCOc1ccc(OC)cc1)NCc1ccc(C(=O)NC)cc1.I. The third-order valence-electron chi connectivity index (χ3n) is 3.85. The van der Waals surface area contributed by atoms with E-state index >= 15 is 0 Å². The molecule has 152 valence electrons. The number of nitrogens with one attached hydrogen (secondary N) is 3. The number of methoxy groups -OCH3 is 1. The summed E-state index contributed by atoms with van der Waals surface area (Å²) in [6.07, 6.45) is 0. The van der Waals surface area contributed by atoms with Gasteiger partial charge in [-0.25, -0.2) is 0 Å². The van der Waals surface area contributed by atoms with Crippen LogP contribution in [-0.4, -0.2) is 46.2 Å². The first-order chi connectivity index (χ1) is 13.2. The molecule has 0 aliphatic rings. The molecule has 0 unspecified atom stereocenters. The summed E-state index contributed by atoms with van der Waals surface area (Å²) in [7, 11) is 4.97. The molecule has 3 N–H and O–H groups in total. The first-order valence-corrected chi connectivity index (χ1v) is 8.68. The van der Waals surface area contributed by atoms with Crippen LogP contribution < -0.4 is 25.4 Å². The van der Waals surface area contributed by atoms with Gasteiger partial charge in [0.2, 0.25) is 0 Å². The van der Waals surface area contributed by atoms with Crippen molar-refractivity contribution in [3.05, 3.63) is 59.7 Å². The van der Waals surface area contributed by atoms with Gasteiger partial charge in [0.15, 0.2) is 5.96 Å². The molecule has 2 aromatic carbocycles. The van der Waals surface area contributed by atoms with Crippen LogP contribution in [0.3, 0.4) is 0 Å². The molecule has 8 heteroatoms. The summed E-state index contributed by atoms with van der Waals surface area (Å²) in [5.74, 6) is 2.18. The lowest BCUT2D eigenvalue weighted by atomic mass is 10.1. The van der Waals surface area contributed by atoms with Crippen LogP contribution in [0.2, 0.25) is 0 Å². The van der Waals surface area contributed by atoms with Gasteiger partial charge >= 0.3 is 0 Å². The van der Waals surface area contributed by atoms with Crippen molar-refractivity contribution in [2.24, 2.45) is 4.99 Å². The number of hydrogen-bond acceptors (Lipinski definition) is 4. The van der Waals surface area contributed by atoms with Crippen LogP contribution in [0.4, 0.5) is 0 Å². The summed E-state index contributed by atoms with van der Waals surface area (Å²) < 4.78 is 10.8. The molecule has 0 aliphatic heterocycles. The van der Waals surface area contributed by atoms with Crippen LogP contribution in [0, 0.1) is 0 Å². The minimum Gasteiger partial charge on any atom is -0.497 e. The number of hydrogen-bond donors (Lipinski definition) is 3. The molecule has 1 amide bonds. The number of benzene rings is 2. The van der Waals surface area contributed by atoms with Crippen molar-refractivity contribution < 1.29 is 14.3 Å². The molecule has 2 aromatic rings. The number of aliphatic imine (C=N–C) groups is 1. The van der Waals surface area contributed by atoms with Crippen LogP contribution in [0.1, 0.15) is 15.9 Å². The van der Waals surface area contributed by atoms with E-state index in [1.165, 1.54) is 0 Å². The largest absolute Gasteiger partial charge is 0.497 e. The van der Waals surface area contributed by atoms with E-state index in [9.17, 15) is 4.79 Å². The van der Waals surface area contributed by atoms with Gasteiger partial charge < -0.3 is 25.4 Å². The fourth-order valence-corrected chi connectivity index (χ4v) is 2.33. The van der Waals surface area contributed by atoms with Crippen LogP contribution in [0.25, 0.3) is 0 Å². The van der Waals surface area contributed by atoms with E-state index in [0.29, 0.717) is 31.2 Å². The summed E-state index contributed by atoms with van der Waals surface area (Å²) in [5.41, 5.74) is 1.69. The average molecular weight is 498 g/mol. The quantitative estimate of drug-likeness (QED) is 0.226. The Kier molecular flexibility index (Phi) is 10.8. The standard InChI is InChI=1S/C20H26N4O3.HI/c1-21-19(25)16-6-4-15(5-7-16)14-24-20(22-2)23-12-13-27-18-10-8-17(26-3)9-11-18;/h4-11H,12-14H2,1-3H3,(H,21,25)(H2,22,23,24);1H. The van der Waals surface area contributed by atoms with E-state index in [1.807, 2.05) is 36.4 Å². The number of halogens is 1. The highest BCUT2D eigenvalue weighted by atomic mass is 127. The molecule has 0 aromatic heterocycles. The Hall–Kier alpha value is -2.49. The number of nitrogens with zero attached hydrogens (tertiary/aromatic N) is 1. The lowest BCUT2D eigenvalue weighted by Gasteiger charge is -2.13. The maximum absolute atomic E-state index is 11.5. The van der Waals surface area contributed by atoms with Gasteiger partial charge in [0.1, 0.15) is 18.1 Å². The summed E-state index contributed by atoms with van der Waals surface area (Å²) in [6, 6.07) is 14.9. The molecule has 0 heterocycles. The zero-order valence-corrected chi connectivity index (χ0v) is 18.7. The van der Waals surface area contributed by atoms with Crippen LogP contribution in [-0.2, 0) is 6.54 Å². The van der Waals surface area contributed by atoms with Gasteiger partial charge in [0.05, 0.1) is 13.7 Å². The lowest BCUT2D eigenvalue weighted by Crippen LogP contribution is -2.38. The topological polar surface area (TPSA) is 84.0 Å². The highest BCUT2D eigenvalue weighted by Gasteiger charge is 2.03. The molecule has 28 heavy (non-hydrogen) atoms. The van der Waals surface area contributed by atoms with E-state index in [0.717, 1.165) is 17.1 Å². The Morgan fingerprint density at radius 2 is 1.64 bits per heavy atom. The number of ether oxygens (including phenoxy) is 2. The number of guanidine groups is 1. The van der Waals surface area contributed by atoms with Crippen LogP contribution >= 0.6 is 24.0 Å². The monoisotopic (exact) mass is 498 g/mol. The normalized spacial score (nSPS) is 10.5. The second-order valence-electron chi connectivity index (χ2n) is 5.65. The fraction of sp³-hybridized carbons (Fsp3) is 0.300. The molecular weight excluding hydrogens is 471 g/mol. The minimum absolute atomic E-state index is 0. The second kappa shape index (κ2) is 12.8. The maximum atomic E-state index is 11.5. The Morgan fingerprint density at radius 1 is 1.00 bits per heavy atom. The van der Waals surface area contributed by atoms with Crippen molar-refractivity contribution in [3.8, 4) is 11.5 Å². The first-order valence-electron chi connectivity index (χ1n) is 8.68. The first kappa shape index (κ1) is 23.5. The van der Waals surface area contributed by atoms with Gasteiger partial charge in [0, 0.05) is 26.2 Å². The van der Waals surface area contributed by atoms with Crippen LogP contribution in [0.15, 0.2) is 53.5 Å². The molecule has 0 atom stereocenters. The molecule has 7 nitrogen and oxygen atoms in total. The Labute approximate surface area is 182 Å². The summed E-state index contributed by atoms with van der Waals surface area (Å²) in [6.45, 7) is 1.72. The van der Waals surface area contributed by atoms with Crippen molar-refractivity contribution in [1.29, 1.82) is 0 Å². The van der Waals surface area contributed by atoms with E-state index in [4.69, 9.17) is 9.47 Å². The molecule has 0 bridgehead atoms. The number of carbonyl (C=O) groups excluding carboxylic acids is 1. The highest BCUT2D eigenvalue weighted by Crippen LogP contribution is 2.16. The van der Waals surface area contributed by atoms with Crippen LogP contribution in [0.5, 0.6) is 11.5 Å². The molecule has 0 aliphatic carbocycles. The molecule has 0 spiro atoms. The Balaban J connectivity index is 0.00000392. The van der Waals surface area contributed by atoms with E-state index in [1.54, 1.807) is 33.3 Å². The zero-order chi connectivity index (χ0) is 19.5. The third-order valence-corrected chi connectivity index (χ3v) is 3.85. The van der Waals surface area contributed by atoms with Gasteiger partial charge in [-0.1, -0.05) is 12.1 Å². The molecule has 2 rings (SSSR count). The minimum atomic E-state index is -0.0937. The average Bonchev–Trinajstić information content (AvgIpc) is 2.73. The Morgan fingerprint density at radius 3 is 2.21 bits per heavy atom. The molecule has 0 saturated heterocycles. The zero-order valence-electron chi connectivity index (χ0n) is 16.3.